The van der Waals surface area contributed by atoms with Crippen LogP contribution in [0.15, 0.2) is 79.1 Å². The van der Waals surface area contributed by atoms with Gasteiger partial charge in [0.25, 0.3) is 5.91 Å². The van der Waals surface area contributed by atoms with E-state index in [2.05, 4.69) is 33.0 Å². The third-order valence-corrected chi connectivity index (χ3v) is 4.83. The van der Waals surface area contributed by atoms with Crippen LogP contribution < -0.4 is 5.32 Å². The maximum absolute atomic E-state index is 13.0. The molecule has 0 aliphatic heterocycles. The number of hydrogen-bond donors (Lipinski definition) is 1. The number of hydrogen-bond acceptors (Lipinski definition) is 4. The lowest BCUT2D eigenvalue weighted by molar-refractivity contribution is 0.0940. The van der Waals surface area contributed by atoms with Crippen molar-refractivity contribution in [3.63, 3.8) is 0 Å². The summed E-state index contributed by atoms with van der Waals surface area (Å²) in [6.45, 7) is 4.02. The van der Waals surface area contributed by atoms with Gasteiger partial charge in [0.05, 0.1) is 11.7 Å². The molecule has 1 N–H and O–H groups in total. The molecule has 0 saturated heterocycles. The lowest BCUT2D eigenvalue weighted by atomic mass is 10.00. The summed E-state index contributed by atoms with van der Waals surface area (Å²) in [6, 6.07) is 23.6. The van der Waals surface area contributed by atoms with Crippen molar-refractivity contribution >= 4 is 5.91 Å². The molecule has 29 heavy (non-hydrogen) atoms. The van der Waals surface area contributed by atoms with E-state index in [4.69, 9.17) is 0 Å². The van der Waals surface area contributed by atoms with Crippen LogP contribution in [0.1, 0.15) is 34.5 Å². The van der Waals surface area contributed by atoms with Gasteiger partial charge in [-0.1, -0.05) is 60.2 Å². The predicted molar refractivity (Wildman–Crippen MR) is 112 cm³/mol. The third kappa shape index (κ3) is 4.21. The smallest absolute Gasteiger partial charge is 0.251 e. The van der Waals surface area contributed by atoms with Gasteiger partial charge >= 0.3 is 0 Å². The van der Waals surface area contributed by atoms with Crippen molar-refractivity contribution in [3.8, 4) is 16.8 Å². The van der Waals surface area contributed by atoms with Crippen molar-refractivity contribution in [1.82, 2.24) is 25.5 Å². The monoisotopic (exact) mass is 383 g/mol. The van der Waals surface area contributed by atoms with Gasteiger partial charge in [-0.2, -0.15) is 0 Å². The summed E-state index contributed by atoms with van der Waals surface area (Å²) < 4.78 is 1.55. The van der Waals surface area contributed by atoms with Crippen LogP contribution in [-0.2, 0) is 0 Å². The van der Waals surface area contributed by atoms with Gasteiger partial charge in [0, 0.05) is 5.56 Å². The highest BCUT2D eigenvalue weighted by Crippen LogP contribution is 2.25. The summed E-state index contributed by atoms with van der Waals surface area (Å²) in [5, 5.41) is 14.5. The molecule has 6 heteroatoms. The topological polar surface area (TPSA) is 72.7 Å². The van der Waals surface area contributed by atoms with Gasteiger partial charge in [-0.3, -0.25) is 4.79 Å². The van der Waals surface area contributed by atoms with Crippen LogP contribution in [0.2, 0.25) is 0 Å². The van der Waals surface area contributed by atoms with E-state index >= 15 is 0 Å². The van der Waals surface area contributed by atoms with E-state index in [-0.39, 0.29) is 11.9 Å². The number of nitrogens with one attached hydrogen (secondary N) is 1. The van der Waals surface area contributed by atoms with Crippen molar-refractivity contribution < 1.29 is 4.79 Å². The Hall–Kier alpha value is -3.80. The number of nitrogens with zero attached hydrogens (tertiary/aromatic N) is 4. The maximum Gasteiger partial charge on any atom is 0.251 e. The minimum Gasteiger partial charge on any atom is -0.346 e. The maximum atomic E-state index is 13.0. The van der Waals surface area contributed by atoms with Gasteiger partial charge in [0.2, 0.25) is 0 Å². The Morgan fingerprint density at radius 3 is 2.41 bits per heavy atom. The molecule has 0 bridgehead atoms. The quantitative estimate of drug-likeness (QED) is 0.562. The van der Waals surface area contributed by atoms with Gasteiger partial charge < -0.3 is 5.32 Å². The molecule has 4 rings (SSSR count). The average Bonchev–Trinajstić information content (AvgIpc) is 3.29. The van der Waals surface area contributed by atoms with E-state index in [1.807, 2.05) is 68.4 Å². The van der Waals surface area contributed by atoms with Crippen LogP contribution in [0.25, 0.3) is 16.8 Å². The first-order chi connectivity index (χ1) is 14.1. The molecule has 0 saturated carbocycles. The summed E-state index contributed by atoms with van der Waals surface area (Å²) in [4.78, 5) is 13.0. The lowest BCUT2D eigenvalue weighted by Gasteiger charge is -2.16. The molecule has 144 valence electrons. The van der Waals surface area contributed by atoms with Crippen molar-refractivity contribution in [2.45, 2.75) is 19.9 Å². The van der Waals surface area contributed by atoms with Crippen LogP contribution in [0.3, 0.4) is 0 Å². The Labute approximate surface area is 169 Å². The highest BCUT2D eigenvalue weighted by atomic mass is 16.1. The van der Waals surface area contributed by atoms with Gasteiger partial charge in [0.1, 0.15) is 6.33 Å². The number of benzene rings is 3. The molecular formula is C23H21N5O. The summed E-state index contributed by atoms with van der Waals surface area (Å²) in [6.07, 6.45) is 1.52. The van der Waals surface area contributed by atoms with Gasteiger partial charge in [0.15, 0.2) is 0 Å². The first kappa shape index (κ1) is 18.6. The van der Waals surface area contributed by atoms with E-state index in [1.165, 1.54) is 11.9 Å². The fraction of sp³-hybridized carbons (Fsp3) is 0.130. The van der Waals surface area contributed by atoms with Crippen molar-refractivity contribution in [2.75, 3.05) is 0 Å². The van der Waals surface area contributed by atoms with Gasteiger partial charge in [-0.25, -0.2) is 4.68 Å². The minimum atomic E-state index is -0.148. The van der Waals surface area contributed by atoms with E-state index in [0.29, 0.717) is 5.56 Å². The molecule has 1 atom stereocenters. The van der Waals surface area contributed by atoms with Crippen molar-refractivity contribution in [1.29, 1.82) is 0 Å². The molecule has 3 aromatic carbocycles. The Balaban J connectivity index is 1.70. The summed E-state index contributed by atoms with van der Waals surface area (Å²) in [5.74, 6) is -0.148. The number of tetrazole rings is 1. The standard InChI is InChI=1S/C23H21N5O/c1-16-8-10-19(11-9-16)20-12-21(14-22(13-20)28-15-24-26-27-28)23(29)25-17(2)18-6-4-3-5-7-18/h3-15,17H,1-2H3,(H,25,29)/t17-/m1/s1. The molecule has 0 aliphatic rings. The molecule has 0 unspecified atom stereocenters. The predicted octanol–water partition coefficient (Wildman–Crippen LogP) is 4.13. The van der Waals surface area contributed by atoms with Crippen LogP contribution >= 0.6 is 0 Å². The Morgan fingerprint density at radius 2 is 1.72 bits per heavy atom. The second kappa shape index (κ2) is 8.06. The largest absolute Gasteiger partial charge is 0.346 e. The number of rotatable bonds is 5. The van der Waals surface area contributed by atoms with Crippen molar-refractivity contribution in [2.24, 2.45) is 0 Å². The van der Waals surface area contributed by atoms with Crippen LogP contribution in [0.5, 0.6) is 0 Å². The molecule has 0 fully saturated rings. The Kier molecular flexibility index (Phi) is 5.16. The molecule has 0 aliphatic carbocycles. The highest BCUT2D eigenvalue weighted by Gasteiger charge is 2.15. The lowest BCUT2D eigenvalue weighted by Crippen LogP contribution is -2.26. The van der Waals surface area contributed by atoms with E-state index in [9.17, 15) is 4.79 Å². The second-order valence-electron chi connectivity index (χ2n) is 6.99. The van der Waals surface area contributed by atoms with E-state index in [1.54, 1.807) is 10.7 Å². The third-order valence-electron chi connectivity index (χ3n) is 4.83. The Bertz CT molecular complexity index is 1110. The number of carbonyl (C=O) groups excluding carboxylic acids is 1. The summed E-state index contributed by atoms with van der Waals surface area (Å²) in [7, 11) is 0. The fourth-order valence-corrected chi connectivity index (χ4v) is 3.17. The molecule has 0 radical (unpaired) electrons. The first-order valence-corrected chi connectivity index (χ1v) is 9.41. The van der Waals surface area contributed by atoms with Gasteiger partial charge in [-0.05, 0) is 59.2 Å². The highest BCUT2D eigenvalue weighted by molar-refractivity contribution is 5.96. The normalized spacial score (nSPS) is 11.8. The number of amides is 1. The zero-order valence-electron chi connectivity index (χ0n) is 16.3. The SMILES string of the molecule is Cc1ccc(-c2cc(C(=O)N[C@H](C)c3ccccc3)cc(-n3cnnn3)c2)cc1. The molecule has 1 amide bonds. The Morgan fingerprint density at radius 1 is 0.966 bits per heavy atom. The number of carbonyl (C=O) groups is 1. The van der Waals surface area contributed by atoms with E-state index in [0.717, 1.165) is 22.4 Å². The van der Waals surface area contributed by atoms with E-state index < -0.39 is 0 Å². The zero-order valence-corrected chi connectivity index (χ0v) is 16.3. The number of aromatic nitrogens is 4. The summed E-state index contributed by atoms with van der Waals surface area (Å²) >= 11 is 0. The summed E-state index contributed by atoms with van der Waals surface area (Å²) in [5.41, 5.74) is 5.46. The van der Waals surface area contributed by atoms with Crippen LogP contribution in [0.4, 0.5) is 0 Å². The molecule has 1 aromatic heterocycles. The molecule has 0 spiro atoms. The first-order valence-electron chi connectivity index (χ1n) is 9.41. The fourth-order valence-electron chi connectivity index (χ4n) is 3.17. The molecule has 1 heterocycles. The zero-order chi connectivity index (χ0) is 20.2. The van der Waals surface area contributed by atoms with Crippen LogP contribution in [-0.4, -0.2) is 26.1 Å². The molecule has 6 nitrogen and oxygen atoms in total. The molecular weight excluding hydrogens is 362 g/mol. The number of aryl methyl sites for hydroxylation is 1. The minimum absolute atomic E-state index is 0.108. The van der Waals surface area contributed by atoms with Crippen LogP contribution in [0, 0.1) is 6.92 Å². The second-order valence-corrected chi connectivity index (χ2v) is 6.99. The van der Waals surface area contributed by atoms with Crippen molar-refractivity contribution in [3.05, 3.63) is 95.8 Å². The average molecular weight is 383 g/mol. The molecule has 4 aromatic rings. The van der Waals surface area contributed by atoms with Gasteiger partial charge in [-0.15, -0.1) is 5.10 Å².